The van der Waals surface area contributed by atoms with Gasteiger partial charge in [-0.15, -0.1) is 0 Å². The van der Waals surface area contributed by atoms with Crippen LogP contribution in [0.2, 0.25) is 0 Å². The molecule has 2 aliphatic rings. The number of carbonyl (C=O) groups is 2. The molecule has 4 rings (SSSR count). The minimum atomic E-state index is -0.193. The van der Waals surface area contributed by atoms with Gasteiger partial charge < -0.3 is 14.2 Å². The Morgan fingerprint density at radius 3 is 2.81 bits per heavy atom. The minimum Gasteiger partial charge on any atom is -0.486 e. The summed E-state index contributed by atoms with van der Waals surface area (Å²) in [5.41, 5.74) is 2.30. The van der Waals surface area contributed by atoms with E-state index >= 15 is 0 Å². The predicted molar refractivity (Wildman–Crippen MR) is 100 cm³/mol. The Morgan fingerprint density at radius 1 is 1.19 bits per heavy atom. The fourth-order valence-corrected chi connectivity index (χ4v) is 3.01. The topological polar surface area (TPSA) is 61.8 Å². The number of benzene rings is 2. The molecule has 0 aliphatic carbocycles. The lowest BCUT2D eigenvalue weighted by atomic mass is 10.0. The molecule has 5 nitrogen and oxygen atoms in total. The van der Waals surface area contributed by atoms with Gasteiger partial charge in [0.1, 0.15) is 30.0 Å². The van der Waals surface area contributed by atoms with Crippen LogP contribution >= 0.6 is 0 Å². The van der Waals surface area contributed by atoms with Gasteiger partial charge in [-0.1, -0.05) is 18.2 Å². The average molecular weight is 362 g/mol. The van der Waals surface area contributed by atoms with Crippen LogP contribution in [0.5, 0.6) is 17.2 Å². The molecule has 2 aromatic carbocycles. The lowest BCUT2D eigenvalue weighted by Gasteiger charge is -2.22. The summed E-state index contributed by atoms with van der Waals surface area (Å²) in [4.78, 5) is 23.7. The summed E-state index contributed by atoms with van der Waals surface area (Å²) in [5, 5.41) is 0. The maximum absolute atomic E-state index is 12.6. The summed E-state index contributed by atoms with van der Waals surface area (Å²) in [6, 6.07) is 12.7. The van der Waals surface area contributed by atoms with Crippen molar-refractivity contribution < 1.29 is 23.8 Å². The first-order chi connectivity index (χ1) is 13.0. The van der Waals surface area contributed by atoms with E-state index in [1.54, 1.807) is 24.3 Å². The molecule has 0 radical (unpaired) electrons. The van der Waals surface area contributed by atoms with Crippen LogP contribution < -0.4 is 14.2 Å². The number of Topliss-reactive ketones (excluding diaryl/α,β-unsaturated/α-hetero) is 2. The highest BCUT2D eigenvalue weighted by Crippen LogP contribution is 2.36. The first-order valence-corrected chi connectivity index (χ1v) is 8.69. The quantitative estimate of drug-likeness (QED) is 0.770. The monoisotopic (exact) mass is 362 g/mol. The molecule has 0 saturated carbocycles. The molecule has 5 heteroatoms. The second-order valence-electron chi connectivity index (χ2n) is 6.53. The summed E-state index contributed by atoms with van der Waals surface area (Å²) < 4.78 is 17.0. The Hall–Kier alpha value is -3.34. The second kappa shape index (κ2) is 6.76. The van der Waals surface area contributed by atoms with Crippen molar-refractivity contribution in [1.29, 1.82) is 0 Å². The SMILES string of the molecule is CC(=O)COc1ccc2c(c1)O/C(=C\C1=Cc3ccccc3O[C@@H]1C)C2=O. The third-order valence-electron chi connectivity index (χ3n) is 4.40. The number of carbonyl (C=O) groups excluding carboxylic acids is 2. The number of hydrogen-bond acceptors (Lipinski definition) is 5. The molecule has 0 bridgehead atoms. The molecule has 2 aliphatic heterocycles. The highest BCUT2D eigenvalue weighted by Gasteiger charge is 2.29. The fraction of sp³-hybridized carbons (Fsp3) is 0.182. The van der Waals surface area contributed by atoms with Gasteiger partial charge in [-0.2, -0.15) is 0 Å². The number of hydrogen-bond donors (Lipinski definition) is 0. The lowest BCUT2D eigenvalue weighted by Crippen LogP contribution is -2.18. The zero-order chi connectivity index (χ0) is 19.0. The predicted octanol–water partition coefficient (Wildman–Crippen LogP) is 3.98. The Morgan fingerprint density at radius 2 is 2.00 bits per heavy atom. The third-order valence-corrected chi connectivity index (χ3v) is 4.40. The van der Waals surface area contributed by atoms with Crippen molar-refractivity contribution in [3.05, 3.63) is 71.0 Å². The highest BCUT2D eigenvalue weighted by molar-refractivity contribution is 6.12. The zero-order valence-corrected chi connectivity index (χ0v) is 15.0. The van der Waals surface area contributed by atoms with Crippen LogP contribution in [0.4, 0.5) is 0 Å². The maximum atomic E-state index is 12.6. The van der Waals surface area contributed by atoms with Crippen molar-refractivity contribution in [3.63, 3.8) is 0 Å². The van der Waals surface area contributed by atoms with Gasteiger partial charge in [0.15, 0.2) is 11.5 Å². The summed E-state index contributed by atoms with van der Waals surface area (Å²) in [5.74, 6) is 1.72. The summed E-state index contributed by atoms with van der Waals surface area (Å²) in [7, 11) is 0. The molecule has 0 spiro atoms. The van der Waals surface area contributed by atoms with E-state index in [1.165, 1.54) is 6.92 Å². The number of ether oxygens (including phenoxy) is 3. The van der Waals surface area contributed by atoms with E-state index in [9.17, 15) is 9.59 Å². The molecule has 0 aromatic heterocycles. The van der Waals surface area contributed by atoms with Crippen LogP contribution in [-0.2, 0) is 4.79 Å². The number of ketones is 2. The van der Waals surface area contributed by atoms with Gasteiger partial charge in [0, 0.05) is 11.6 Å². The normalized spacial score (nSPS) is 18.9. The maximum Gasteiger partial charge on any atom is 0.231 e. The van der Waals surface area contributed by atoms with Gasteiger partial charge in [-0.25, -0.2) is 0 Å². The van der Waals surface area contributed by atoms with Gasteiger partial charge in [-0.3, -0.25) is 9.59 Å². The smallest absolute Gasteiger partial charge is 0.231 e. The van der Waals surface area contributed by atoms with Crippen molar-refractivity contribution in [2.45, 2.75) is 20.0 Å². The number of fused-ring (bicyclic) bond motifs is 2. The van der Waals surface area contributed by atoms with Gasteiger partial charge in [0.05, 0.1) is 5.56 Å². The van der Waals surface area contributed by atoms with Crippen molar-refractivity contribution in [2.24, 2.45) is 0 Å². The van der Waals surface area contributed by atoms with E-state index in [0.717, 1.165) is 16.9 Å². The summed E-state index contributed by atoms with van der Waals surface area (Å²) in [6.07, 6.45) is 3.53. The molecule has 0 saturated heterocycles. The zero-order valence-electron chi connectivity index (χ0n) is 15.0. The largest absolute Gasteiger partial charge is 0.486 e. The van der Waals surface area contributed by atoms with Gasteiger partial charge in [-0.05, 0) is 49.8 Å². The van der Waals surface area contributed by atoms with Crippen molar-refractivity contribution >= 4 is 17.6 Å². The molecule has 2 heterocycles. The number of para-hydroxylation sites is 1. The average Bonchev–Trinajstić information content (AvgIpc) is 2.96. The van der Waals surface area contributed by atoms with Crippen molar-refractivity contribution in [2.75, 3.05) is 6.61 Å². The lowest BCUT2D eigenvalue weighted by molar-refractivity contribution is -0.118. The highest BCUT2D eigenvalue weighted by atomic mass is 16.5. The Bertz CT molecular complexity index is 1000. The Labute approximate surface area is 156 Å². The van der Waals surface area contributed by atoms with Crippen LogP contribution in [0.3, 0.4) is 0 Å². The molecule has 0 amide bonds. The van der Waals surface area contributed by atoms with Crippen LogP contribution in [0.25, 0.3) is 6.08 Å². The fourth-order valence-electron chi connectivity index (χ4n) is 3.01. The van der Waals surface area contributed by atoms with Crippen LogP contribution in [0.15, 0.2) is 59.9 Å². The Kier molecular flexibility index (Phi) is 4.28. The standard InChI is InChI=1S/C22H18O5/c1-13(23)12-25-17-7-8-18-20(11-17)27-21(22(18)24)10-16-9-15-5-3-4-6-19(15)26-14(16)2/h3-11,14H,12H2,1-2H3/b21-10-/t14-/m1/s1. The molecule has 2 aromatic rings. The van der Waals surface area contributed by atoms with Crippen LogP contribution in [0.1, 0.15) is 29.8 Å². The molecular weight excluding hydrogens is 344 g/mol. The molecule has 0 fully saturated rings. The van der Waals surface area contributed by atoms with Crippen molar-refractivity contribution in [3.8, 4) is 17.2 Å². The van der Waals surface area contributed by atoms with E-state index in [0.29, 0.717) is 17.1 Å². The van der Waals surface area contributed by atoms with Crippen molar-refractivity contribution in [1.82, 2.24) is 0 Å². The molecule has 1 atom stereocenters. The third kappa shape index (κ3) is 3.36. The van der Waals surface area contributed by atoms with Gasteiger partial charge in [0.2, 0.25) is 5.78 Å². The summed E-state index contributed by atoms with van der Waals surface area (Å²) >= 11 is 0. The molecule has 27 heavy (non-hydrogen) atoms. The van der Waals surface area contributed by atoms with E-state index in [4.69, 9.17) is 14.2 Å². The van der Waals surface area contributed by atoms with E-state index in [1.807, 2.05) is 37.3 Å². The van der Waals surface area contributed by atoms with E-state index in [-0.39, 0.29) is 30.0 Å². The van der Waals surface area contributed by atoms with Crippen LogP contribution in [0, 0.1) is 0 Å². The number of allylic oxidation sites excluding steroid dienone is 1. The summed E-state index contributed by atoms with van der Waals surface area (Å²) in [6.45, 7) is 3.36. The first kappa shape index (κ1) is 17.1. The molecule has 0 N–H and O–H groups in total. The molecule has 136 valence electrons. The first-order valence-electron chi connectivity index (χ1n) is 8.69. The molecule has 0 unspecified atom stereocenters. The second-order valence-corrected chi connectivity index (χ2v) is 6.53. The van der Waals surface area contributed by atoms with E-state index < -0.39 is 0 Å². The minimum absolute atomic E-state index is 0.0173. The Balaban J connectivity index is 1.61. The van der Waals surface area contributed by atoms with Gasteiger partial charge in [0.25, 0.3) is 0 Å². The van der Waals surface area contributed by atoms with Crippen LogP contribution in [-0.4, -0.2) is 24.3 Å². The van der Waals surface area contributed by atoms with E-state index in [2.05, 4.69) is 0 Å². The van der Waals surface area contributed by atoms with Gasteiger partial charge >= 0.3 is 0 Å². The number of rotatable bonds is 4. The molecular formula is C22H18O5.